The summed E-state index contributed by atoms with van der Waals surface area (Å²) < 4.78 is 2.08. The summed E-state index contributed by atoms with van der Waals surface area (Å²) in [6.07, 6.45) is 6.72. The molecule has 3 heterocycles. The molecule has 0 bridgehead atoms. The Labute approximate surface area is 169 Å². The van der Waals surface area contributed by atoms with Gasteiger partial charge in [0.15, 0.2) is 11.3 Å². The van der Waals surface area contributed by atoms with Crippen molar-refractivity contribution >= 4 is 28.5 Å². The third-order valence-electron chi connectivity index (χ3n) is 6.38. The molecule has 1 aliphatic rings. The van der Waals surface area contributed by atoms with Crippen molar-refractivity contribution in [1.29, 1.82) is 0 Å². The molecule has 1 saturated carbocycles. The molecule has 8 nitrogen and oxygen atoms in total. The second kappa shape index (κ2) is 7.93. The van der Waals surface area contributed by atoms with E-state index in [1.54, 1.807) is 11.1 Å². The number of rotatable bonds is 7. The zero-order valence-electron chi connectivity index (χ0n) is 17.3. The lowest BCUT2D eigenvalue weighted by molar-refractivity contribution is -0.144. The third-order valence-corrected chi connectivity index (χ3v) is 6.38. The molecule has 0 spiro atoms. The number of hydrogen-bond donors (Lipinski definition) is 1. The summed E-state index contributed by atoms with van der Waals surface area (Å²) in [4.78, 5) is 34.1. The van der Waals surface area contributed by atoms with Crippen LogP contribution in [-0.2, 0) is 9.59 Å². The van der Waals surface area contributed by atoms with E-state index in [2.05, 4.69) is 31.5 Å². The first-order chi connectivity index (χ1) is 14.1. The molecule has 8 heteroatoms. The maximum atomic E-state index is 12.6. The second-order valence-corrected chi connectivity index (χ2v) is 7.94. The fourth-order valence-corrected chi connectivity index (χ4v) is 4.85. The summed E-state index contributed by atoms with van der Waals surface area (Å²) in [5.74, 6) is 1.16. The van der Waals surface area contributed by atoms with Crippen molar-refractivity contribution in [2.45, 2.75) is 52.4 Å². The van der Waals surface area contributed by atoms with Crippen molar-refractivity contribution in [2.24, 2.45) is 11.8 Å². The second-order valence-electron chi connectivity index (χ2n) is 7.94. The van der Waals surface area contributed by atoms with Gasteiger partial charge in [0, 0.05) is 31.6 Å². The van der Waals surface area contributed by atoms with Gasteiger partial charge in [-0.1, -0.05) is 13.3 Å². The minimum Gasteiger partial charge on any atom is -0.345 e. The number of aromatic nitrogens is 5. The number of hydrogen-bond acceptors (Lipinski definition) is 5. The molecule has 0 unspecified atom stereocenters. The van der Waals surface area contributed by atoms with Gasteiger partial charge in [0.2, 0.25) is 5.78 Å². The lowest BCUT2D eigenvalue weighted by atomic mass is 9.93. The van der Waals surface area contributed by atoms with Crippen LogP contribution in [0.1, 0.15) is 58.2 Å². The summed E-state index contributed by atoms with van der Waals surface area (Å²) >= 11 is 0. The Morgan fingerprint density at radius 3 is 2.72 bits per heavy atom. The Hall–Kier alpha value is -2.77. The molecule has 154 valence electrons. The molecular formula is C21H28N6O2. The van der Waals surface area contributed by atoms with Gasteiger partial charge in [0.05, 0.1) is 11.7 Å². The van der Waals surface area contributed by atoms with Crippen LogP contribution in [-0.4, -0.2) is 54.2 Å². The van der Waals surface area contributed by atoms with Crippen LogP contribution in [0.3, 0.4) is 0 Å². The van der Waals surface area contributed by atoms with E-state index in [9.17, 15) is 9.59 Å². The fraction of sp³-hybridized carbons (Fsp3) is 0.571. The summed E-state index contributed by atoms with van der Waals surface area (Å²) in [5.41, 5.74) is 2.51. The van der Waals surface area contributed by atoms with Gasteiger partial charge < -0.3 is 9.88 Å². The standard InChI is InChI=1S/C21H28N6O2/c1-4-14-9-13(11-17(28)21(29)26(5-2)6-3)10-15(14)20-25-24-18-12-23-19-16(27(18)20)7-8-22-19/h7-8,12-15,22H,4-6,9-11H2,1-3H3/t13-,14-,15+/m0/s1. The molecule has 0 saturated heterocycles. The van der Waals surface area contributed by atoms with Gasteiger partial charge >= 0.3 is 0 Å². The van der Waals surface area contributed by atoms with Crippen LogP contribution in [0.15, 0.2) is 18.5 Å². The predicted octanol–water partition coefficient (Wildman–Crippen LogP) is 2.95. The molecular weight excluding hydrogens is 368 g/mol. The number of ketones is 1. The van der Waals surface area contributed by atoms with Gasteiger partial charge in [-0.3, -0.25) is 14.0 Å². The Morgan fingerprint density at radius 1 is 1.21 bits per heavy atom. The van der Waals surface area contributed by atoms with E-state index >= 15 is 0 Å². The van der Waals surface area contributed by atoms with Crippen molar-refractivity contribution in [3.63, 3.8) is 0 Å². The number of carbonyl (C=O) groups is 2. The number of fused-ring (bicyclic) bond motifs is 3. The van der Waals surface area contributed by atoms with Crippen molar-refractivity contribution < 1.29 is 9.59 Å². The molecule has 0 radical (unpaired) electrons. The SMILES string of the molecule is CC[C@H]1C[C@H](CC(=O)C(=O)N(CC)CC)C[C@H]1c1nnc2cnc3[nH]ccc3n12. The first-order valence-corrected chi connectivity index (χ1v) is 10.6. The number of H-pyrrole nitrogens is 1. The fourth-order valence-electron chi connectivity index (χ4n) is 4.85. The smallest absolute Gasteiger partial charge is 0.289 e. The summed E-state index contributed by atoms with van der Waals surface area (Å²) in [6.45, 7) is 7.12. The van der Waals surface area contributed by atoms with E-state index in [-0.39, 0.29) is 23.5 Å². The quantitative estimate of drug-likeness (QED) is 0.620. The van der Waals surface area contributed by atoms with Crippen LogP contribution >= 0.6 is 0 Å². The number of likely N-dealkylation sites (N-methyl/N-ethyl adjacent to an activating group) is 1. The summed E-state index contributed by atoms with van der Waals surface area (Å²) in [7, 11) is 0. The largest absolute Gasteiger partial charge is 0.345 e. The highest BCUT2D eigenvalue weighted by Gasteiger charge is 2.38. The Bertz CT molecular complexity index is 1030. The van der Waals surface area contributed by atoms with Crippen molar-refractivity contribution in [2.75, 3.05) is 13.1 Å². The topological polar surface area (TPSA) is 96.2 Å². The Kier molecular flexibility index (Phi) is 5.34. The maximum absolute atomic E-state index is 12.6. The van der Waals surface area contributed by atoms with Gasteiger partial charge in [-0.15, -0.1) is 10.2 Å². The molecule has 3 aromatic rings. The number of aromatic amines is 1. The molecule has 0 aliphatic heterocycles. The van der Waals surface area contributed by atoms with Crippen LogP contribution in [0.5, 0.6) is 0 Å². The van der Waals surface area contributed by atoms with Gasteiger partial charge in [0.1, 0.15) is 5.82 Å². The van der Waals surface area contributed by atoms with Crippen LogP contribution in [0, 0.1) is 11.8 Å². The average molecular weight is 396 g/mol. The number of Topliss-reactive ketones (excluding diaryl/α,β-unsaturated/α-hetero) is 1. The van der Waals surface area contributed by atoms with Crippen LogP contribution < -0.4 is 0 Å². The Morgan fingerprint density at radius 2 is 2.00 bits per heavy atom. The summed E-state index contributed by atoms with van der Waals surface area (Å²) in [5, 5.41) is 8.84. The number of amides is 1. The lowest BCUT2D eigenvalue weighted by Crippen LogP contribution is -2.36. The summed E-state index contributed by atoms with van der Waals surface area (Å²) in [6, 6.07) is 1.99. The molecule has 29 heavy (non-hydrogen) atoms. The van der Waals surface area contributed by atoms with Crippen LogP contribution in [0.25, 0.3) is 16.8 Å². The normalized spacial score (nSPS) is 21.8. The first kappa shape index (κ1) is 19.5. The van der Waals surface area contributed by atoms with Gasteiger partial charge in [0.25, 0.3) is 5.91 Å². The maximum Gasteiger partial charge on any atom is 0.289 e. The van der Waals surface area contributed by atoms with Crippen LogP contribution in [0.4, 0.5) is 0 Å². The first-order valence-electron chi connectivity index (χ1n) is 10.6. The molecule has 1 amide bonds. The van der Waals surface area contributed by atoms with Crippen molar-refractivity contribution in [3.8, 4) is 0 Å². The minimum atomic E-state index is -0.348. The highest BCUT2D eigenvalue weighted by molar-refractivity contribution is 6.36. The van der Waals surface area contributed by atoms with E-state index in [1.807, 2.05) is 26.1 Å². The molecule has 3 aromatic heterocycles. The van der Waals surface area contributed by atoms with Crippen molar-refractivity contribution in [3.05, 3.63) is 24.3 Å². The number of nitrogens with one attached hydrogen (secondary N) is 1. The lowest BCUT2D eigenvalue weighted by Gasteiger charge is -2.18. The number of nitrogens with zero attached hydrogens (tertiary/aromatic N) is 5. The average Bonchev–Trinajstić information content (AvgIpc) is 3.45. The Balaban J connectivity index is 1.58. The van der Waals surface area contributed by atoms with E-state index < -0.39 is 0 Å². The van der Waals surface area contributed by atoms with E-state index in [0.29, 0.717) is 25.4 Å². The zero-order chi connectivity index (χ0) is 20.5. The zero-order valence-corrected chi connectivity index (χ0v) is 17.3. The highest BCUT2D eigenvalue weighted by atomic mass is 16.2. The monoisotopic (exact) mass is 396 g/mol. The van der Waals surface area contributed by atoms with Gasteiger partial charge in [-0.2, -0.15) is 0 Å². The van der Waals surface area contributed by atoms with E-state index in [0.717, 1.165) is 41.9 Å². The minimum absolute atomic E-state index is 0.202. The predicted molar refractivity (Wildman–Crippen MR) is 109 cm³/mol. The third kappa shape index (κ3) is 3.41. The molecule has 3 atom stereocenters. The van der Waals surface area contributed by atoms with Gasteiger partial charge in [-0.25, -0.2) is 4.98 Å². The van der Waals surface area contributed by atoms with Gasteiger partial charge in [-0.05, 0) is 44.6 Å². The number of carbonyl (C=O) groups excluding carboxylic acids is 2. The molecule has 1 N–H and O–H groups in total. The van der Waals surface area contributed by atoms with Crippen LogP contribution in [0.2, 0.25) is 0 Å². The van der Waals surface area contributed by atoms with Crippen molar-refractivity contribution in [1.82, 2.24) is 29.5 Å². The van der Waals surface area contributed by atoms with E-state index in [1.165, 1.54) is 0 Å². The molecule has 1 aliphatic carbocycles. The highest BCUT2D eigenvalue weighted by Crippen LogP contribution is 2.45. The molecule has 0 aromatic carbocycles. The molecule has 1 fully saturated rings. The molecule has 4 rings (SSSR count). The van der Waals surface area contributed by atoms with E-state index in [4.69, 9.17) is 0 Å².